The van der Waals surface area contributed by atoms with Crippen LogP contribution in [0.15, 0.2) is 194 Å². The molecule has 2 aliphatic rings. The third-order valence-corrected chi connectivity index (χ3v) is 11.8. The lowest BCUT2D eigenvalue weighted by Crippen LogP contribution is -2.19. The summed E-state index contributed by atoms with van der Waals surface area (Å²) in [6, 6.07) is 51.9. The molecular weight excluding hydrogens is 693 g/mol. The topological polar surface area (TPSA) is 43.6 Å². The summed E-state index contributed by atoms with van der Waals surface area (Å²) in [7, 11) is 0. The number of allylic oxidation sites excluding steroid dienone is 8. The molecule has 0 saturated heterocycles. The minimum absolute atomic E-state index is 0.151. The maximum Gasteiger partial charge on any atom is 0.164 e. The normalized spacial score (nSPS) is 18.8. The van der Waals surface area contributed by atoms with Crippen LogP contribution in [0.5, 0.6) is 0 Å². The summed E-state index contributed by atoms with van der Waals surface area (Å²) in [5.74, 6) is 2.69. The van der Waals surface area contributed by atoms with Crippen LogP contribution in [0.3, 0.4) is 0 Å². The molecule has 8 aromatic rings. The predicted molar refractivity (Wildman–Crippen MR) is 236 cm³/mol. The first-order valence-corrected chi connectivity index (χ1v) is 19.9. The second kappa shape index (κ2) is 14.3. The lowest BCUT2D eigenvalue weighted by molar-refractivity contribution is 0.600. The van der Waals surface area contributed by atoms with Gasteiger partial charge in [0.25, 0.3) is 0 Å². The summed E-state index contributed by atoms with van der Waals surface area (Å²) in [6.45, 7) is 4.67. The van der Waals surface area contributed by atoms with E-state index >= 15 is 0 Å². The highest BCUT2D eigenvalue weighted by atomic mass is 15.0. The van der Waals surface area contributed by atoms with Gasteiger partial charge in [-0.2, -0.15) is 0 Å². The minimum atomic E-state index is -0.151. The van der Waals surface area contributed by atoms with E-state index < -0.39 is 0 Å². The Balaban J connectivity index is 1.19. The van der Waals surface area contributed by atoms with Crippen LogP contribution in [-0.4, -0.2) is 19.5 Å². The second-order valence-corrected chi connectivity index (χ2v) is 15.5. The molecule has 0 radical (unpaired) electrons. The molecule has 4 nitrogen and oxygen atoms in total. The van der Waals surface area contributed by atoms with Crippen LogP contribution in [0, 0.1) is 5.92 Å². The van der Waals surface area contributed by atoms with Gasteiger partial charge in [0, 0.05) is 44.5 Å². The van der Waals surface area contributed by atoms with Gasteiger partial charge in [0.1, 0.15) is 0 Å². The van der Waals surface area contributed by atoms with Crippen LogP contribution >= 0.6 is 0 Å². The molecule has 0 bridgehead atoms. The summed E-state index contributed by atoms with van der Waals surface area (Å²) in [5, 5.41) is 2.51. The smallest absolute Gasteiger partial charge is 0.164 e. The summed E-state index contributed by atoms with van der Waals surface area (Å²) in [6.07, 6.45) is 18.9. The minimum Gasteiger partial charge on any atom is -0.309 e. The molecule has 57 heavy (non-hydrogen) atoms. The van der Waals surface area contributed by atoms with Crippen LogP contribution in [-0.2, 0) is 5.41 Å². The van der Waals surface area contributed by atoms with Crippen molar-refractivity contribution in [1.82, 2.24) is 19.5 Å². The van der Waals surface area contributed by atoms with Crippen LogP contribution in [0.4, 0.5) is 0 Å². The molecule has 0 N–H and O–H groups in total. The molecule has 2 heterocycles. The summed E-state index contributed by atoms with van der Waals surface area (Å²) in [4.78, 5) is 15.0. The van der Waals surface area contributed by atoms with Crippen LogP contribution in [0.1, 0.15) is 37.3 Å². The van der Waals surface area contributed by atoms with Crippen LogP contribution < -0.4 is 0 Å². The van der Waals surface area contributed by atoms with Gasteiger partial charge in [-0.1, -0.05) is 172 Å². The van der Waals surface area contributed by atoms with E-state index in [0.717, 1.165) is 34.4 Å². The first-order valence-electron chi connectivity index (χ1n) is 19.9. The quantitative estimate of drug-likeness (QED) is 0.164. The first kappa shape index (κ1) is 34.6. The van der Waals surface area contributed by atoms with Crippen molar-refractivity contribution in [3.8, 4) is 51.0 Å². The molecule has 4 heteroatoms. The number of rotatable bonds is 7. The Bertz CT molecular complexity index is 2820. The van der Waals surface area contributed by atoms with E-state index in [1.165, 1.54) is 38.5 Å². The van der Waals surface area contributed by atoms with Gasteiger partial charge in [-0.05, 0) is 71.0 Å². The number of hydrogen-bond acceptors (Lipinski definition) is 3. The second-order valence-electron chi connectivity index (χ2n) is 15.5. The van der Waals surface area contributed by atoms with Gasteiger partial charge in [0.2, 0.25) is 0 Å². The molecule has 3 unspecified atom stereocenters. The highest BCUT2D eigenvalue weighted by molar-refractivity contribution is 6.16. The van der Waals surface area contributed by atoms with Crippen molar-refractivity contribution < 1.29 is 0 Å². The molecule has 2 aliphatic carbocycles. The van der Waals surface area contributed by atoms with Crippen molar-refractivity contribution in [2.75, 3.05) is 0 Å². The van der Waals surface area contributed by atoms with Crippen molar-refractivity contribution in [3.05, 3.63) is 205 Å². The standard InChI is InChI=1S/C53H42N4/c1-36-17-13-14-24-44(36)41-29-30-47-46(33-41)49-45(34-42(53(2)31-15-6-16-32-53)35-48(49)57(47)43-22-11-5-12-23-43)37-25-27-40(28-26-37)52-55-50(38-18-7-3-8-19-38)54-51(56-52)39-20-9-4-10-21-39/h3-31,33-36,44H,32H2,1-2H3. The van der Waals surface area contributed by atoms with E-state index in [4.69, 9.17) is 15.0 Å². The molecule has 274 valence electrons. The number of hydrogen-bond donors (Lipinski definition) is 0. The molecule has 0 saturated carbocycles. The molecule has 10 rings (SSSR count). The average molecular weight is 735 g/mol. The summed E-state index contributed by atoms with van der Waals surface area (Å²) < 4.78 is 2.46. The number of benzene rings is 6. The van der Waals surface area contributed by atoms with E-state index in [1.807, 2.05) is 60.7 Å². The van der Waals surface area contributed by atoms with Gasteiger partial charge in [0.15, 0.2) is 17.5 Å². The van der Waals surface area contributed by atoms with Crippen molar-refractivity contribution in [3.63, 3.8) is 0 Å². The third kappa shape index (κ3) is 6.33. The fraction of sp³-hybridized carbons (Fsp3) is 0.113. The first-order chi connectivity index (χ1) is 28.0. The molecular formula is C53H42N4. The Morgan fingerprint density at radius 2 is 1.16 bits per heavy atom. The maximum atomic E-state index is 5.02. The van der Waals surface area contributed by atoms with Crippen molar-refractivity contribution in [1.29, 1.82) is 0 Å². The molecule has 3 atom stereocenters. The van der Waals surface area contributed by atoms with E-state index in [9.17, 15) is 0 Å². The molecule has 0 fully saturated rings. The largest absolute Gasteiger partial charge is 0.309 e. The highest BCUT2D eigenvalue weighted by Crippen LogP contribution is 2.45. The van der Waals surface area contributed by atoms with E-state index in [-0.39, 0.29) is 5.41 Å². The number of aromatic nitrogens is 4. The van der Waals surface area contributed by atoms with Gasteiger partial charge in [-0.15, -0.1) is 0 Å². The molecule has 0 aliphatic heterocycles. The number of fused-ring (bicyclic) bond motifs is 3. The van der Waals surface area contributed by atoms with Crippen LogP contribution in [0.2, 0.25) is 0 Å². The zero-order chi connectivity index (χ0) is 38.3. The van der Waals surface area contributed by atoms with Gasteiger partial charge < -0.3 is 4.57 Å². The van der Waals surface area contributed by atoms with Gasteiger partial charge in [0.05, 0.1) is 11.0 Å². The third-order valence-electron chi connectivity index (χ3n) is 11.8. The Morgan fingerprint density at radius 3 is 1.77 bits per heavy atom. The highest BCUT2D eigenvalue weighted by Gasteiger charge is 2.28. The monoisotopic (exact) mass is 734 g/mol. The Kier molecular flexibility index (Phi) is 8.68. The zero-order valence-corrected chi connectivity index (χ0v) is 32.1. The van der Waals surface area contributed by atoms with Crippen molar-refractivity contribution in [2.45, 2.75) is 31.6 Å². The molecule has 2 aromatic heterocycles. The zero-order valence-electron chi connectivity index (χ0n) is 32.1. The molecule has 0 spiro atoms. The van der Waals surface area contributed by atoms with Crippen LogP contribution in [0.25, 0.3) is 72.8 Å². The molecule has 0 amide bonds. The van der Waals surface area contributed by atoms with Crippen molar-refractivity contribution >= 4 is 21.8 Å². The fourth-order valence-corrected chi connectivity index (χ4v) is 8.60. The average Bonchev–Trinajstić information content (AvgIpc) is 3.61. The Hall–Kier alpha value is -6.91. The lowest BCUT2D eigenvalue weighted by atomic mass is 9.76. The predicted octanol–water partition coefficient (Wildman–Crippen LogP) is 13.3. The summed E-state index contributed by atoms with van der Waals surface area (Å²) in [5.41, 5.74) is 11.3. The van der Waals surface area contributed by atoms with E-state index in [2.05, 4.69) is 152 Å². The fourth-order valence-electron chi connectivity index (χ4n) is 8.60. The van der Waals surface area contributed by atoms with Gasteiger partial charge in [-0.3, -0.25) is 0 Å². The lowest BCUT2D eigenvalue weighted by Gasteiger charge is -2.28. The SMILES string of the molecule is CC1C=CC=CC1c1ccc2c(c1)c1c(-c3ccc(-c4nc(-c5ccccc5)nc(-c5ccccc5)n4)cc3)cc(C3(C)C=CC=CC3)cc1n2-c1ccccc1. The van der Waals surface area contributed by atoms with Gasteiger partial charge >= 0.3 is 0 Å². The number of nitrogens with zero attached hydrogens (tertiary/aromatic N) is 4. The summed E-state index contributed by atoms with van der Waals surface area (Å²) >= 11 is 0. The Labute approximate surface area is 333 Å². The van der Waals surface area contributed by atoms with Crippen molar-refractivity contribution in [2.24, 2.45) is 5.92 Å². The van der Waals surface area contributed by atoms with E-state index in [1.54, 1.807) is 0 Å². The number of para-hydroxylation sites is 1. The van der Waals surface area contributed by atoms with Gasteiger partial charge in [-0.25, -0.2) is 15.0 Å². The maximum absolute atomic E-state index is 5.02. The van der Waals surface area contributed by atoms with E-state index in [0.29, 0.717) is 29.3 Å². The molecule has 6 aromatic carbocycles. The Morgan fingerprint density at radius 1 is 0.561 bits per heavy atom.